The van der Waals surface area contributed by atoms with Crippen LogP contribution in [0, 0.1) is 0 Å². The third-order valence-electron chi connectivity index (χ3n) is 2.87. The van der Waals surface area contributed by atoms with Gasteiger partial charge in [-0.25, -0.2) is 0 Å². The van der Waals surface area contributed by atoms with E-state index in [4.69, 9.17) is 12.2 Å². The summed E-state index contributed by atoms with van der Waals surface area (Å²) < 4.78 is 10.0. The first-order chi connectivity index (χ1) is 9.61. The van der Waals surface area contributed by atoms with Crippen LogP contribution in [0.25, 0.3) is 17.1 Å². The topological polar surface area (TPSA) is 46.1 Å². The summed E-state index contributed by atoms with van der Waals surface area (Å²) in [4.78, 5) is 14.4. The van der Waals surface area contributed by atoms with Crippen LogP contribution >= 0.6 is 51.6 Å². The van der Waals surface area contributed by atoms with Gasteiger partial charge in [-0.05, 0) is 35.0 Å². The number of carbonyl (C=O) groups excluding carboxylic acids is 1. The molecule has 1 saturated heterocycles. The van der Waals surface area contributed by atoms with Crippen LogP contribution in [0.1, 0.15) is 12.5 Å². The fraction of sp³-hybridized carbons (Fsp3) is 0.167. The van der Waals surface area contributed by atoms with E-state index >= 15 is 0 Å². The maximum atomic E-state index is 12.2. The van der Waals surface area contributed by atoms with Crippen molar-refractivity contribution >= 4 is 79.0 Å². The molecule has 1 fully saturated rings. The minimum Gasteiger partial charge on any atom is -0.293 e. The number of carbonyl (C=O) groups is 1. The average Bonchev–Trinajstić information content (AvgIpc) is 3.00. The molecule has 1 aromatic carbocycles. The van der Waals surface area contributed by atoms with Crippen molar-refractivity contribution in [3.8, 4) is 0 Å². The fourth-order valence-electron chi connectivity index (χ4n) is 1.89. The standard InChI is InChI=1S/C12H8BrN3OS3/c1-2-16-11(17)8(19-12(16)18)5-6-3-4-7(13)10-9(6)14-20-15-10/h3-5H,2H2,1H3. The molecule has 0 unspecified atom stereocenters. The summed E-state index contributed by atoms with van der Waals surface area (Å²) in [5, 5.41) is 0. The molecule has 3 rings (SSSR count). The van der Waals surface area contributed by atoms with Crippen molar-refractivity contribution in [1.82, 2.24) is 13.6 Å². The molecule has 8 heteroatoms. The second kappa shape index (κ2) is 5.51. The number of likely N-dealkylation sites (N-methyl/N-ethyl adjacent to an activating group) is 1. The number of aromatic nitrogens is 2. The Bertz CT molecular complexity index is 755. The van der Waals surface area contributed by atoms with Crippen molar-refractivity contribution in [2.75, 3.05) is 6.54 Å². The van der Waals surface area contributed by atoms with Crippen LogP contribution in [0.4, 0.5) is 0 Å². The van der Waals surface area contributed by atoms with Gasteiger partial charge in [0.25, 0.3) is 5.91 Å². The van der Waals surface area contributed by atoms with Gasteiger partial charge in [-0.3, -0.25) is 9.69 Å². The van der Waals surface area contributed by atoms with E-state index in [0.717, 1.165) is 32.8 Å². The Hall–Kier alpha value is -0.830. The molecule has 0 atom stereocenters. The zero-order valence-electron chi connectivity index (χ0n) is 10.3. The zero-order valence-corrected chi connectivity index (χ0v) is 14.3. The molecule has 20 heavy (non-hydrogen) atoms. The Balaban J connectivity index is 2.07. The number of hydrogen-bond acceptors (Lipinski definition) is 6. The van der Waals surface area contributed by atoms with Crippen molar-refractivity contribution in [3.05, 3.63) is 27.1 Å². The predicted molar refractivity (Wildman–Crippen MR) is 90.7 cm³/mol. The van der Waals surface area contributed by atoms with Gasteiger partial charge in [0, 0.05) is 16.6 Å². The zero-order chi connectivity index (χ0) is 14.3. The van der Waals surface area contributed by atoms with E-state index in [1.165, 1.54) is 11.8 Å². The summed E-state index contributed by atoms with van der Waals surface area (Å²) in [6.07, 6.45) is 1.84. The number of halogens is 1. The first kappa shape index (κ1) is 14.1. The van der Waals surface area contributed by atoms with E-state index in [0.29, 0.717) is 15.8 Å². The highest BCUT2D eigenvalue weighted by Gasteiger charge is 2.30. The molecule has 0 bridgehead atoms. The second-order valence-electron chi connectivity index (χ2n) is 4.02. The average molecular weight is 386 g/mol. The van der Waals surface area contributed by atoms with E-state index in [9.17, 15) is 4.79 Å². The van der Waals surface area contributed by atoms with E-state index in [-0.39, 0.29) is 5.91 Å². The van der Waals surface area contributed by atoms with Gasteiger partial charge < -0.3 is 0 Å². The normalized spacial score (nSPS) is 17.7. The second-order valence-corrected chi connectivity index (χ2v) is 7.08. The highest BCUT2D eigenvalue weighted by atomic mass is 79.9. The van der Waals surface area contributed by atoms with Gasteiger partial charge >= 0.3 is 0 Å². The SMILES string of the molecule is CCN1C(=O)C(=Cc2ccc(Br)c3nsnc23)SC1=S. The van der Waals surface area contributed by atoms with Gasteiger partial charge in [-0.2, -0.15) is 8.75 Å². The minimum atomic E-state index is -0.0400. The quantitative estimate of drug-likeness (QED) is 0.582. The third-order valence-corrected chi connectivity index (χ3v) is 5.42. The molecule has 0 aliphatic carbocycles. The molecular formula is C12H8BrN3OS3. The molecule has 0 saturated carbocycles. The molecule has 2 heterocycles. The molecule has 2 aromatic rings. The number of hydrogen-bond donors (Lipinski definition) is 0. The Morgan fingerprint density at radius 1 is 1.40 bits per heavy atom. The summed E-state index contributed by atoms with van der Waals surface area (Å²) in [5.41, 5.74) is 2.49. The molecule has 0 spiro atoms. The fourth-order valence-corrected chi connectivity index (χ4v) is 4.37. The molecule has 1 amide bonds. The van der Waals surface area contributed by atoms with Crippen LogP contribution in [-0.2, 0) is 4.79 Å². The number of thioether (sulfide) groups is 1. The van der Waals surface area contributed by atoms with Crippen LogP contribution < -0.4 is 0 Å². The van der Waals surface area contributed by atoms with E-state index in [1.807, 2.05) is 25.1 Å². The third kappa shape index (κ3) is 2.30. The largest absolute Gasteiger partial charge is 0.293 e. The first-order valence-electron chi connectivity index (χ1n) is 5.78. The Morgan fingerprint density at radius 2 is 2.15 bits per heavy atom. The number of amides is 1. The van der Waals surface area contributed by atoms with Crippen molar-refractivity contribution in [3.63, 3.8) is 0 Å². The first-order valence-corrected chi connectivity index (χ1v) is 8.52. The van der Waals surface area contributed by atoms with E-state index < -0.39 is 0 Å². The highest BCUT2D eigenvalue weighted by molar-refractivity contribution is 9.10. The van der Waals surface area contributed by atoms with E-state index in [2.05, 4.69) is 24.7 Å². The minimum absolute atomic E-state index is 0.0400. The van der Waals surface area contributed by atoms with Crippen molar-refractivity contribution in [2.45, 2.75) is 6.92 Å². The van der Waals surface area contributed by atoms with Crippen molar-refractivity contribution < 1.29 is 4.79 Å². The van der Waals surface area contributed by atoms with Crippen molar-refractivity contribution in [2.24, 2.45) is 0 Å². The monoisotopic (exact) mass is 385 g/mol. The number of fused-ring (bicyclic) bond motifs is 1. The molecule has 1 aliphatic heterocycles. The van der Waals surface area contributed by atoms with Crippen molar-refractivity contribution in [1.29, 1.82) is 0 Å². The van der Waals surface area contributed by atoms with Gasteiger partial charge in [0.2, 0.25) is 0 Å². The van der Waals surface area contributed by atoms with Gasteiger partial charge in [0.1, 0.15) is 15.4 Å². The lowest BCUT2D eigenvalue weighted by Crippen LogP contribution is -2.27. The number of thiocarbonyl (C=S) groups is 1. The molecule has 1 aliphatic rings. The van der Waals surface area contributed by atoms with Gasteiger partial charge in [-0.1, -0.05) is 30.0 Å². The maximum absolute atomic E-state index is 12.2. The Kier molecular flexibility index (Phi) is 3.89. The van der Waals surface area contributed by atoms with Gasteiger partial charge in [-0.15, -0.1) is 0 Å². The summed E-state index contributed by atoms with van der Waals surface area (Å²) >= 11 is 11.1. The smallest absolute Gasteiger partial charge is 0.266 e. The summed E-state index contributed by atoms with van der Waals surface area (Å²) in [5.74, 6) is -0.0400. The Morgan fingerprint density at radius 3 is 2.85 bits per heavy atom. The molecule has 4 nitrogen and oxygen atoms in total. The van der Waals surface area contributed by atoms with Crippen LogP contribution in [0.15, 0.2) is 21.5 Å². The Labute approximate surface area is 137 Å². The van der Waals surface area contributed by atoms with E-state index in [1.54, 1.807) is 4.90 Å². The number of benzene rings is 1. The lowest BCUT2D eigenvalue weighted by Gasteiger charge is -2.09. The summed E-state index contributed by atoms with van der Waals surface area (Å²) in [6, 6.07) is 3.84. The van der Waals surface area contributed by atoms with Gasteiger partial charge in [0.15, 0.2) is 0 Å². The van der Waals surface area contributed by atoms with Crippen LogP contribution in [-0.4, -0.2) is 30.4 Å². The summed E-state index contributed by atoms with van der Waals surface area (Å²) in [7, 11) is 0. The lowest BCUT2D eigenvalue weighted by molar-refractivity contribution is -0.121. The van der Waals surface area contributed by atoms with Crippen LogP contribution in [0.2, 0.25) is 0 Å². The maximum Gasteiger partial charge on any atom is 0.266 e. The van der Waals surface area contributed by atoms with Gasteiger partial charge in [0.05, 0.1) is 16.6 Å². The molecule has 0 N–H and O–H groups in total. The molecule has 1 aromatic heterocycles. The lowest BCUT2D eigenvalue weighted by atomic mass is 10.1. The molecular weight excluding hydrogens is 378 g/mol. The predicted octanol–water partition coefficient (Wildman–Crippen LogP) is 3.67. The van der Waals surface area contributed by atoms with Crippen LogP contribution in [0.3, 0.4) is 0 Å². The summed E-state index contributed by atoms with van der Waals surface area (Å²) in [6.45, 7) is 2.51. The highest BCUT2D eigenvalue weighted by Crippen LogP contribution is 2.34. The number of nitrogens with zero attached hydrogens (tertiary/aromatic N) is 3. The number of rotatable bonds is 2. The van der Waals surface area contributed by atoms with Crippen LogP contribution in [0.5, 0.6) is 0 Å². The molecule has 0 radical (unpaired) electrons. The molecule has 102 valence electrons.